The van der Waals surface area contributed by atoms with Gasteiger partial charge in [-0.2, -0.15) is 0 Å². The summed E-state index contributed by atoms with van der Waals surface area (Å²) in [6.45, 7) is 3.22. The molecule has 5 rings (SSSR count). The number of piperidine rings is 1. The second kappa shape index (κ2) is 8.75. The summed E-state index contributed by atoms with van der Waals surface area (Å²) in [5, 5.41) is 0.950. The Hall–Kier alpha value is -3.58. The van der Waals surface area contributed by atoms with Crippen molar-refractivity contribution in [1.29, 1.82) is 0 Å². The Bertz CT molecular complexity index is 1290. The maximum atomic E-state index is 15.5. The molecule has 168 valence electrons. The smallest absolute Gasteiger partial charge is 0.236 e. The molecule has 3 N–H and O–H groups in total. The molecule has 0 bridgehead atoms. The first kappa shape index (κ1) is 21.3. The van der Waals surface area contributed by atoms with Gasteiger partial charge in [0.2, 0.25) is 5.91 Å². The molecule has 0 spiro atoms. The van der Waals surface area contributed by atoms with E-state index in [2.05, 4.69) is 21.0 Å². The Balaban J connectivity index is 1.52. The molecule has 0 saturated carbocycles. The van der Waals surface area contributed by atoms with E-state index in [1.807, 2.05) is 37.5 Å². The third kappa shape index (κ3) is 3.89. The van der Waals surface area contributed by atoms with Crippen molar-refractivity contribution in [2.24, 2.45) is 5.73 Å². The van der Waals surface area contributed by atoms with Crippen LogP contribution in [0.4, 0.5) is 4.39 Å². The van der Waals surface area contributed by atoms with Gasteiger partial charge in [-0.3, -0.25) is 9.78 Å². The number of aryl methyl sites for hydroxylation is 1. The minimum absolute atomic E-state index is 0.0212. The van der Waals surface area contributed by atoms with E-state index in [-0.39, 0.29) is 24.2 Å². The van der Waals surface area contributed by atoms with Crippen LogP contribution in [0.1, 0.15) is 29.9 Å². The lowest BCUT2D eigenvalue weighted by Gasteiger charge is -2.33. The highest BCUT2D eigenvalue weighted by Crippen LogP contribution is 2.39. The van der Waals surface area contributed by atoms with Crippen molar-refractivity contribution in [1.82, 2.24) is 19.9 Å². The molecule has 0 radical (unpaired) electrons. The number of likely N-dealkylation sites (tertiary alicyclic amines) is 1. The summed E-state index contributed by atoms with van der Waals surface area (Å²) in [7, 11) is 0. The third-order valence-corrected chi connectivity index (χ3v) is 6.62. The average molecular weight is 444 g/mol. The lowest BCUT2D eigenvalue weighted by Crippen LogP contribution is -2.41. The number of aromatic amines is 1. The topological polar surface area (TPSA) is 87.9 Å². The zero-order valence-corrected chi connectivity index (χ0v) is 18.5. The van der Waals surface area contributed by atoms with E-state index in [1.54, 1.807) is 23.4 Å². The molecular weight excluding hydrogens is 417 g/mol. The lowest BCUT2D eigenvalue weighted by atomic mass is 9.84. The van der Waals surface area contributed by atoms with Crippen molar-refractivity contribution < 1.29 is 9.18 Å². The number of carbonyl (C=O) groups is 1. The molecule has 1 amide bonds. The van der Waals surface area contributed by atoms with Gasteiger partial charge in [0.05, 0.1) is 6.54 Å². The molecule has 4 heterocycles. The van der Waals surface area contributed by atoms with E-state index in [9.17, 15) is 4.79 Å². The molecule has 6 nitrogen and oxygen atoms in total. The zero-order valence-electron chi connectivity index (χ0n) is 18.5. The predicted molar refractivity (Wildman–Crippen MR) is 127 cm³/mol. The summed E-state index contributed by atoms with van der Waals surface area (Å²) in [4.78, 5) is 25.6. The van der Waals surface area contributed by atoms with Crippen LogP contribution in [0.15, 0.2) is 55.1 Å². The Labute approximate surface area is 191 Å². The fourth-order valence-corrected chi connectivity index (χ4v) is 5.02. The molecule has 4 aromatic rings. The number of amides is 1. The van der Waals surface area contributed by atoms with E-state index >= 15 is 4.39 Å². The number of benzene rings is 1. The first-order valence-corrected chi connectivity index (χ1v) is 11.2. The minimum atomic E-state index is -0.197. The summed E-state index contributed by atoms with van der Waals surface area (Å²) < 4.78 is 15.5. The van der Waals surface area contributed by atoms with Crippen LogP contribution in [0.5, 0.6) is 0 Å². The molecule has 0 unspecified atom stereocenters. The fourth-order valence-electron chi connectivity index (χ4n) is 5.02. The predicted octanol–water partition coefficient (Wildman–Crippen LogP) is 4.40. The van der Waals surface area contributed by atoms with Gasteiger partial charge in [-0.15, -0.1) is 0 Å². The number of halogens is 1. The summed E-state index contributed by atoms with van der Waals surface area (Å²) in [6, 6.07) is 9.53. The van der Waals surface area contributed by atoms with E-state index in [0.29, 0.717) is 13.1 Å². The number of pyridine rings is 2. The van der Waals surface area contributed by atoms with Crippen LogP contribution >= 0.6 is 0 Å². The second-order valence-corrected chi connectivity index (χ2v) is 8.57. The lowest BCUT2D eigenvalue weighted by molar-refractivity contribution is -0.130. The maximum absolute atomic E-state index is 15.5. The Morgan fingerprint density at radius 3 is 2.70 bits per heavy atom. The Kier molecular flexibility index (Phi) is 5.64. The molecule has 1 aromatic carbocycles. The highest BCUT2D eigenvalue weighted by molar-refractivity contribution is 6.03. The van der Waals surface area contributed by atoms with Crippen LogP contribution in [-0.4, -0.2) is 45.4 Å². The zero-order chi connectivity index (χ0) is 22.9. The van der Waals surface area contributed by atoms with Gasteiger partial charge in [0, 0.05) is 54.4 Å². The van der Waals surface area contributed by atoms with Gasteiger partial charge < -0.3 is 15.6 Å². The number of nitrogens with one attached hydrogen (secondary N) is 1. The average Bonchev–Trinajstić information content (AvgIpc) is 3.28. The van der Waals surface area contributed by atoms with E-state index < -0.39 is 0 Å². The van der Waals surface area contributed by atoms with Crippen molar-refractivity contribution >= 4 is 16.9 Å². The van der Waals surface area contributed by atoms with Crippen LogP contribution in [0.2, 0.25) is 0 Å². The number of fused-ring (bicyclic) bond motifs is 1. The molecule has 3 aromatic heterocycles. The molecule has 0 aliphatic carbocycles. The van der Waals surface area contributed by atoms with Crippen molar-refractivity contribution in [3.8, 4) is 22.3 Å². The molecule has 7 heteroatoms. The molecule has 1 saturated heterocycles. The standard InChI is InChI=1S/C26H26FN5O/c1-16-11-19(12-22(27)24(16)17-5-9-32(10-6-17)23(33)13-28)20-4-8-30-26-25(20)21(15-31-26)18-3-2-7-29-14-18/h2-4,7-8,11-12,14-15,17H,5-6,9-10,13,28H2,1H3,(H,30,31). The van der Waals surface area contributed by atoms with Crippen LogP contribution in [0.25, 0.3) is 33.3 Å². The van der Waals surface area contributed by atoms with Gasteiger partial charge in [-0.1, -0.05) is 12.1 Å². The van der Waals surface area contributed by atoms with Crippen LogP contribution < -0.4 is 5.73 Å². The van der Waals surface area contributed by atoms with Crippen molar-refractivity contribution in [2.45, 2.75) is 25.7 Å². The van der Waals surface area contributed by atoms with Crippen LogP contribution in [0, 0.1) is 12.7 Å². The molecule has 1 aliphatic heterocycles. The number of rotatable bonds is 4. The first-order valence-electron chi connectivity index (χ1n) is 11.2. The second-order valence-electron chi connectivity index (χ2n) is 8.57. The van der Waals surface area contributed by atoms with Gasteiger partial charge in [-0.05, 0) is 66.1 Å². The number of hydrogen-bond acceptors (Lipinski definition) is 4. The quantitative estimate of drug-likeness (QED) is 0.489. The first-order chi connectivity index (χ1) is 16.1. The van der Waals surface area contributed by atoms with Crippen molar-refractivity contribution in [3.63, 3.8) is 0 Å². The SMILES string of the molecule is Cc1cc(-c2ccnc3[nH]cc(-c4cccnc4)c23)cc(F)c1C1CCN(C(=O)CN)CC1. The maximum Gasteiger partial charge on any atom is 0.236 e. The summed E-state index contributed by atoms with van der Waals surface area (Å²) in [5.41, 5.74) is 11.6. The normalized spacial score (nSPS) is 14.7. The number of H-pyrrole nitrogens is 1. The fraction of sp³-hybridized carbons (Fsp3) is 0.269. The number of nitrogens with zero attached hydrogens (tertiary/aromatic N) is 3. The summed E-state index contributed by atoms with van der Waals surface area (Å²) in [6.07, 6.45) is 8.71. The van der Waals surface area contributed by atoms with Gasteiger partial charge in [0.1, 0.15) is 11.5 Å². The minimum Gasteiger partial charge on any atom is -0.345 e. The molecule has 1 fully saturated rings. The number of aromatic nitrogens is 3. The van der Waals surface area contributed by atoms with E-state index in [4.69, 9.17) is 5.73 Å². The Morgan fingerprint density at radius 2 is 2.00 bits per heavy atom. The van der Waals surface area contributed by atoms with Gasteiger partial charge >= 0.3 is 0 Å². The summed E-state index contributed by atoms with van der Waals surface area (Å²) in [5.74, 6) is -0.146. The van der Waals surface area contributed by atoms with Crippen molar-refractivity contribution in [2.75, 3.05) is 19.6 Å². The number of hydrogen-bond donors (Lipinski definition) is 2. The highest BCUT2D eigenvalue weighted by atomic mass is 19.1. The molecule has 0 atom stereocenters. The Morgan fingerprint density at radius 1 is 1.18 bits per heavy atom. The van der Waals surface area contributed by atoms with Gasteiger partial charge in [0.15, 0.2) is 0 Å². The van der Waals surface area contributed by atoms with E-state index in [0.717, 1.165) is 57.3 Å². The third-order valence-electron chi connectivity index (χ3n) is 6.62. The monoisotopic (exact) mass is 443 g/mol. The van der Waals surface area contributed by atoms with Crippen LogP contribution in [0.3, 0.4) is 0 Å². The number of carbonyl (C=O) groups excluding carboxylic acids is 1. The van der Waals surface area contributed by atoms with Gasteiger partial charge in [0.25, 0.3) is 0 Å². The molecule has 1 aliphatic rings. The summed E-state index contributed by atoms with van der Waals surface area (Å²) >= 11 is 0. The molecular formula is C26H26FN5O. The van der Waals surface area contributed by atoms with Crippen molar-refractivity contribution in [3.05, 3.63) is 72.1 Å². The number of nitrogens with two attached hydrogens (primary N) is 1. The van der Waals surface area contributed by atoms with Crippen LogP contribution in [-0.2, 0) is 4.79 Å². The largest absolute Gasteiger partial charge is 0.345 e. The highest BCUT2D eigenvalue weighted by Gasteiger charge is 2.27. The van der Waals surface area contributed by atoms with E-state index in [1.165, 1.54) is 0 Å². The van der Waals surface area contributed by atoms with Gasteiger partial charge in [-0.25, -0.2) is 9.37 Å². The molecule has 33 heavy (non-hydrogen) atoms.